The summed E-state index contributed by atoms with van der Waals surface area (Å²) < 4.78 is 2.77. The number of piperazine rings is 4. The van der Waals surface area contributed by atoms with E-state index in [2.05, 4.69) is 101 Å². The molecule has 0 aliphatic carbocycles. The van der Waals surface area contributed by atoms with E-state index in [0.29, 0.717) is 0 Å². The second kappa shape index (κ2) is 25.5. The van der Waals surface area contributed by atoms with Crippen LogP contribution in [0.5, 0.6) is 0 Å². The molecule has 292 valence electrons. The maximum Gasteiger partial charge on any atom is 0.214 e. The standard InChI is InChI=1S/C17H34N4.C12H22N4.C5H12.C2H5.I2.3HI/c1-3-4-12-21-13-6-8-19-9-14-20(2)11-5-7-18(10-15-21)16(20)17(19)21;1-3-13-7-9-15-5-2-6-16-10-8-14(4-1)11(13)12(15)16;1-3-5-4-2;2*1-2;;;/h16-17H,3-15H2,1-2H3;11-12H,1-10H2;3-5H2,1-2H3;1H2,2H3;;3*1H/q+2;;;+1;;;;/p-2. The summed E-state index contributed by atoms with van der Waals surface area (Å²) in [5, 5.41) is 0. The molecule has 0 amide bonds. The molecule has 0 N–H and O–H groups in total. The van der Waals surface area contributed by atoms with E-state index in [1.807, 2.05) is 0 Å². The first kappa shape index (κ1) is 50.2. The molecule has 8 rings (SSSR count). The number of likely N-dealkylation sites (N-methyl/N-ethyl adjacent to an activating group) is 1. The van der Waals surface area contributed by atoms with Crippen molar-refractivity contribution in [3.05, 3.63) is 6.92 Å². The topological polar surface area (TPSA) is 19.4 Å². The van der Waals surface area contributed by atoms with E-state index in [1.54, 1.807) is 6.92 Å². The van der Waals surface area contributed by atoms with E-state index in [0.717, 1.165) is 24.7 Å². The van der Waals surface area contributed by atoms with Gasteiger partial charge in [-0.1, -0.05) is 46.5 Å². The number of rotatable bonds is 5. The Morgan fingerprint density at radius 1 is 0.510 bits per heavy atom. The third-order valence-electron chi connectivity index (χ3n) is 12.7. The molecule has 0 radical (unpaired) electrons. The van der Waals surface area contributed by atoms with Gasteiger partial charge in [0, 0.05) is 116 Å². The zero-order valence-corrected chi connectivity index (χ0v) is 42.9. The lowest BCUT2D eigenvalue weighted by molar-refractivity contribution is -1.05. The molecule has 0 aromatic rings. The van der Waals surface area contributed by atoms with Crippen molar-refractivity contribution < 1.29 is 56.9 Å². The van der Waals surface area contributed by atoms with Gasteiger partial charge in [0.2, 0.25) is 12.3 Å². The Balaban J connectivity index is 0.000000384. The molecule has 0 aromatic heterocycles. The SMILES string of the molecule is C1CN2CCN3CCCN4CCN(C1)C2C34.CCCCC.CCCC[N+]12CCCN3CC[N+]4(C)CCCN(CC1)C4C32.I.II.[CH2+]C.[I-].[I-]. The summed E-state index contributed by atoms with van der Waals surface area (Å²) in [4.78, 5) is 16.7. The fraction of sp³-hybridized carbons (Fsp3) is 0.972. The Kier molecular flexibility index (Phi) is 26.1. The molecule has 8 heterocycles. The molecule has 8 aliphatic heterocycles. The molecular weight excluding hydrogens is 1180 g/mol. The molecule has 4 atom stereocenters. The molecular formula is C36H74I5N8+. The van der Waals surface area contributed by atoms with Crippen molar-refractivity contribution in [2.45, 2.75) is 110 Å². The summed E-state index contributed by atoms with van der Waals surface area (Å²) >= 11 is 4.24. The predicted molar refractivity (Wildman–Crippen MR) is 228 cm³/mol. The van der Waals surface area contributed by atoms with Gasteiger partial charge in [0.25, 0.3) is 0 Å². The number of unbranched alkanes of at least 4 members (excludes halogenated alkanes) is 3. The van der Waals surface area contributed by atoms with Gasteiger partial charge in [-0.3, -0.25) is 19.6 Å². The van der Waals surface area contributed by atoms with Crippen molar-refractivity contribution in [3.63, 3.8) is 0 Å². The normalized spacial score (nSPS) is 35.0. The van der Waals surface area contributed by atoms with Gasteiger partial charge in [-0.05, 0) is 19.3 Å². The van der Waals surface area contributed by atoms with Crippen LogP contribution in [-0.4, -0.2) is 181 Å². The Labute approximate surface area is 378 Å². The number of quaternary nitrogens is 2. The highest BCUT2D eigenvalue weighted by molar-refractivity contribution is 15.0. The second-order valence-electron chi connectivity index (χ2n) is 15.3. The van der Waals surface area contributed by atoms with E-state index in [4.69, 9.17) is 0 Å². The van der Waals surface area contributed by atoms with E-state index in [-0.39, 0.29) is 71.9 Å². The van der Waals surface area contributed by atoms with Crippen LogP contribution in [0.2, 0.25) is 0 Å². The molecule has 8 saturated heterocycles. The highest BCUT2D eigenvalue weighted by Crippen LogP contribution is 2.41. The van der Waals surface area contributed by atoms with Gasteiger partial charge >= 0.3 is 0 Å². The molecule has 0 bridgehead atoms. The van der Waals surface area contributed by atoms with Crippen LogP contribution in [0.1, 0.15) is 85.5 Å². The van der Waals surface area contributed by atoms with Gasteiger partial charge < -0.3 is 56.9 Å². The lowest BCUT2D eigenvalue weighted by atomic mass is 9.95. The number of hydrogen-bond acceptors (Lipinski definition) is 6. The van der Waals surface area contributed by atoms with Gasteiger partial charge in [-0.25, -0.2) is 9.80 Å². The quantitative estimate of drug-likeness (QED) is 0.223. The van der Waals surface area contributed by atoms with Crippen LogP contribution in [0.15, 0.2) is 0 Å². The van der Waals surface area contributed by atoms with Crippen LogP contribution in [-0.2, 0) is 0 Å². The second-order valence-corrected chi connectivity index (χ2v) is 15.3. The van der Waals surface area contributed by atoms with Crippen molar-refractivity contribution in [3.8, 4) is 0 Å². The number of halogens is 5. The maximum absolute atomic E-state index is 3.25. The fourth-order valence-corrected chi connectivity index (χ4v) is 10.5. The minimum absolute atomic E-state index is 0. The molecule has 0 saturated carbocycles. The lowest BCUT2D eigenvalue weighted by Gasteiger charge is -2.66. The molecule has 8 aliphatic rings. The highest BCUT2D eigenvalue weighted by atomic mass is 128. The Morgan fingerprint density at radius 3 is 1.37 bits per heavy atom. The van der Waals surface area contributed by atoms with Crippen LogP contribution in [0.3, 0.4) is 0 Å². The monoisotopic (exact) mass is 1250 g/mol. The summed E-state index contributed by atoms with van der Waals surface area (Å²) in [5.41, 5.74) is 0. The van der Waals surface area contributed by atoms with Crippen LogP contribution in [0.25, 0.3) is 0 Å². The molecule has 8 nitrogen and oxygen atoms in total. The first-order chi connectivity index (χ1) is 22.5. The minimum Gasteiger partial charge on any atom is -1.00 e. The molecule has 4 unspecified atom stereocenters. The van der Waals surface area contributed by atoms with Crippen molar-refractivity contribution in [1.82, 2.24) is 29.4 Å². The lowest BCUT2D eigenvalue weighted by Crippen LogP contribution is -3.00. The molecule has 8 fully saturated rings. The summed E-state index contributed by atoms with van der Waals surface area (Å²) in [6.07, 6.45) is 15.5. The van der Waals surface area contributed by atoms with Crippen LogP contribution in [0, 0.1) is 6.92 Å². The Bertz CT molecular complexity index is 827. The van der Waals surface area contributed by atoms with Crippen LogP contribution >= 0.6 is 61.2 Å². The predicted octanol–water partition coefficient (Wildman–Crippen LogP) is 0.256. The zero-order chi connectivity index (χ0) is 33.2. The summed E-state index contributed by atoms with van der Waals surface area (Å²) in [7, 11) is 2.56. The maximum atomic E-state index is 3.25. The smallest absolute Gasteiger partial charge is 0.214 e. The van der Waals surface area contributed by atoms with E-state index >= 15 is 0 Å². The molecule has 0 aromatic carbocycles. The minimum atomic E-state index is 0. The van der Waals surface area contributed by atoms with Crippen molar-refractivity contribution in [1.29, 1.82) is 0 Å². The van der Waals surface area contributed by atoms with Gasteiger partial charge in [-0.15, -0.1) is 24.0 Å². The molecule has 0 spiro atoms. The molecule has 13 heteroatoms. The third-order valence-corrected chi connectivity index (χ3v) is 12.7. The zero-order valence-electron chi connectivity index (χ0n) is 31.9. The fourth-order valence-electron chi connectivity index (χ4n) is 10.5. The van der Waals surface area contributed by atoms with Gasteiger partial charge in [0.15, 0.2) is 0 Å². The Morgan fingerprint density at radius 2 is 0.918 bits per heavy atom. The van der Waals surface area contributed by atoms with Crippen molar-refractivity contribution in [2.75, 3.05) is 118 Å². The highest BCUT2D eigenvalue weighted by Gasteiger charge is 2.62. The van der Waals surface area contributed by atoms with Gasteiger partial charge in [-0.2, -0.15) is 0 Å². The van der Waals surface area contributed by atoms with Gasteiger partial charge in [0.1, 0.15) is 0 Å². The molecule has 49 heavy (non-hydrogen) atoms. The first-order valence-electron chi connectivity index (χ1n) is 19.5. The van der Waals surface area contributed by atoms with Crippen LogP contribution < -0.4 is 48.0 Å². The summed E-state index contributed by atoms with van der Waals surface area (Å²) in [6.45, 7) is 34.8. The number of hydrogen-bond donors (Lipinski definition) is 0. The van der Waals surface area contributed by atoms with Crippen LogP contribution in [0.4, 0.5) is 0 Å². The summed E-state index contributed by atoms with van der Waals surface area (Å²) in [5.74, 6) is 0. The average Bonchev–Trinajstić information content (AvgIpc) is 3.11. The van der Waals surface area contributed by atoms with Crippen molar-refractivity contribution >= 4 is 61.2 Å². The van der Waals surface area contributed by atoms with E-state index in [9.17, 15) is 0 Å². The Hall–Kier alpha value is 3.20. The largest absolute Gasteiger partial charge is 1.00 e. The van der Waals surface area contributed by atoms with E-state index < -0.39 is 0 Å². The summed E-state index contributed by atoms with van der Waals surface area (Å²) in [6, 6.07) is 0. The van der Waals surface area contributed by atoms with Crippen molar-refractivity contribution in [2.24, 2.45) is 0 Å². The number of nitrogens with zero attached hydrogens (tertiary/aromatic N) is 8. The van der Waals surface area contributed by atoms with E-state index in [1.165, 1.54) is 178 Å². The van der Waals surface area contributed by atoms with Gasteiger partial charge in [0.05, 0.1) is 79.0 Å². The average molecular weight is 1250 g/mol. The first-order valence-corrected chi connectivity index (χ1v) is 25.8. The third kappa shape index (κ3) is 11.9.